The summed E-state index contributed by atoms with van der Waals surface area (Å²) in [7, 11) is 0. The van der Waals surface area contributed by atoms with Gasteiger partial charge >= 0.3 is 5.97 Å². The fourth-order valence-corrected chi connectivity index (χ4v) is 3.85. The highest BCUT2D eigenvalue weighted by Crippen LogP contribution is 2.48. The van der Waals surface area contributed by atoms with E-state index in [1.165, 1.54) is 0 Å². The number of aliphatic carboxylic acids is 1. The molecule has 0 aliphatic heterocycles. The fraction of sp³-hybridized carbons (Fsp3) is 0.364. The lowest BCUT2D eigenvalue weighted by Crippen LogP contribution is -2.66. The minimum Gasteiger partial charge on any atom is -0.481 e. The van der Waals surface area contributed by atoms with Gasteiger partial charge in [-0.05, 0) is 42.7 Å². The Hall–Kier alpha value is -2.86. The van der Waals surface area contributed by atoms with Crippen LogP contribution < -0.4 is 15.8 Å². The third-order valence-electron chi connectivity index (χ3n) is 5.48. The Morgan fingerprint density at radius 3 is 2.36 bits per heavy atom. The summed E-state index contributed by atoms with van der Waals surface area (Å²) in [4.78, 5) is 24.0. The van der Waals surface area contributed by atoms with Crippen molar-refractivity contribution in [2.24, 2.45) is 17.1 Å². The van der Waals surface area contributed by atoms with Crippen LogP contribution in [0.4, 0.5) is 0 Å². The van der Waals surface area contributed by atoms with Crippen molar-refractivity contribution in [1.82, 2.24) is 5.32 Å². The summed E-state index contributed by atoms with van der Waals surface area (Å²) in [6.07, 6.45) is 1.67. The van der Waals surface area contributed by atoms with E-state index in [4.69, 9.17) is 10.5 Å². The minimum absolute atomic E-state index is 0.163. The molecule has 2 aromatic rings. The van der Waals surface area contributed by atoms with Gasteiger partial charge in [0.05, 0.1) is 11.3 Å². The number of nitrogens with one attached hydrogen (secondary N) is 1. The zero-order chi connectivity index (χ0) is 20.1. The van der Waals surface area contributed by atoms with Gasteiger partial charge in [0.1, 0.15) is 11.5 Å². The molecule has 0 radical (unpaired) electrons. The molecule has 0 saturated heterocycles. The molecule has 6 nitrogen and oxygen atoms in total. The van der Waals surface area contributed by atoms with E-state index in [0.717, 1.165) is 17.7 Å². The van der Waals surface area contributed by atoms with Crippen molar-refractivity contribution in [2.45, 2.75) is 38.8 Å². The maximum absolute atomic E-state index is 12.8. The Morgan fingerprint density at radius 1 is 1.14 bits per heavy atom. The lowest BCUT2D eigenvalue weighted by atomic mass is 9.55. The molecule has 1 fully saturated rings. The molecule has 4 N–H and O–H groups in total. The van der Waals surface area contributed by atoms with Crippen molar-refractivity contribution in [3.05, 3.63) is 60.2 Å². The van der Waals surface area contributed by atoms with E-state index in [9.17, 15) is 14.7 Å². The molecule has 3 unspecified atom stereocenters. The van der Waals surface area contributed by atoms with E-state index in [0.29, 0.717) is 25.1 Å². The van der Waals surface area contributed by atoms with Crippen LogP contribution >= 0.6 is 0 Å². The van der Waals surface area contributed by atoms with E-state index < -0.39 is 23.3 Å². The predicted octanol–water partition coefficient (Wildman–Crippen LogP) is 3.31. The maximum Gasteiger partial charge on any atom is 0.308 e. The van der Waals surface area contributed by atoms with Gasteiger partial charge in [-0.15, -0.1) is 0 Å². The predicted molar refractivity (Wildman–Crippen MR) is 106 cm³/mol. The average Bonchev–Trinajstić information content (AvgIpc) is 2.70. The molecule has 3 atom stereocenters. The molecule has 1 aliphatic rings. The van der Waals surface area contributed by atoms with Crippen molar-refractivity contribution in [3.8, 4) is 11.5 Å². The van der Waals surface area contributed by atoms with Gasteiger partial charge in [-0.1, -0.05) is 43.7 Å². The monoisotopic (exact) mass is 382 g/mol. The number of para-hydroxylation sites is 1. The van der Waals surface area contributed by atoms with Crippen molar-refractivity contribution in [3.63, 3.8) is 0 Å². The first kappa shape index (κ1) is 19.9. The molecular formula is C22H26N2O4. The molecule has 6 heteroatoms. The third-order valence-corrected chi connectivity index (χ3v) is 5.48. The van der Waals surface area contributed by atoms with Crippen LogP contribution in [0.15, 0.2) is 54.6 Å². The van der Waals surface area contributed by atoms with Crippen LogP contribution in [0.1, 0.15) is 31.7 Å². The number of carboxylic acid groups (broad SMARTS) is 1. The van der Waals surface area contributed by atoms with Crippen LogP contribution in [0.2, 0.25) is 0 Å². The molecule has 1 amide bonds. The van der Waals surface area contributed by atoms with Crippen LogP contribution in [0, 0.1) is 11.3 Å². The lowest BCUT2D eigenvalue weighted by molar-refractivity contribution is -0.159. The van der Waals surface area contributed by atoms with E-state index in [2.05, 4.69) is 5.32 Å². The molecule has 0 spiro atoms. The normalized spacial score (nSPS) is 23.5. The Labute approximate surface area is 164 Å². The Morgan fingerprint density at radius 2 is 1.79 bits per heavy atom. The number of benzene rings is 2. The van der Waals surface area contributed by atoms with E-state index in [-0.39, 0.29) is 5.91 Å². The first-order valence-corrected chi connectivity index (χ1v) is 9.55. The van der Waals surface area contributed by atoms with Gasteiger partial charge in [0, 0.05) is 12.6 Å². The van der Waals surface area contributed by atoms with Gasteiger partial charge in [-0.25, -0.2) is 0 Å². The summed E-state index contributed by atoms with van der Waals surface area (Å²) < 4.78 is 5.76. The molecule has 0 heterocycles. The number of amides is 1. The molecule has 1 saturated carbocycles. The highest BCUT2D eigenvalue weighted by Gasteiger charge is 2.58. The SMILES string of the molecule is CCCC1(C(=O)NCc2ccc(Oc3ccccc3)cc2)CC(C(=O)O)C1N. The molecular weight excluding hydrogens is 356 g/mol. The quantitative estimate of drug-likeness (QED) is 0.650. The first-order chi connectivity index (χ1) is 13.5. The second kappa shape index (κ2) is 8.44. The Balaban J connectivity index is 1.58. The molecule has 3 rings (SSSR count). The summed E-state index contributed by atoms with van der Waals surface area (Å²) in [5.74, 6) is -0.261. The van der Waals surface area contributed by atoms with Crippen molar-refractivity contribution in [2.75, 3.05) is 0 Å². The zero-order valence-electron chi connectivity index (χ0n) is 15.9. The van der Waals surface area contributed by atoms with Gasteiger partial charge in [-0.3, -0.25) is 9.59 Å². The molecule has 148 valence electrons. The van der Waals surface area contributed by atoms with Gasteiger partial charge in [0.2, 0.25) is 5.91 Å². The molecule has 1 aliphatic carbocycles. The topological polar surface area (TPSA) is 102 Å². The third kappa shape index (κ3) is 4.02. The van der Waals surface area contributed by atoms with Crippen molar-refractivity contribution in [1.29, 1.82) is 0 Å². The van der Waals surface area contributed by atoms with Gasteiger partial charge in [0.15, 0.2) is 0 Å². The lowest BCUT2D eigenvalue weighted by Gasteiger charge is -2.50. The number of hydrogen-bond donors (Lipinski definition) is 3. The summed E-state index contributed by atoms with van der Waals surface area (Å²) in [5, 5.41) is 12.1. The number of ether oxygens (including phenoxy) is 1. The Bertz CT molecular complexity index is 822. The molecule has 2 aromatic carbocycles. The summed E-state index contributed by atoms with van der Waals surface area (Å²) in [6, 6.07) is 16.4. The number of rotatable bonds is 8. The molecule has 0 aromatic heterocycles. The smallest absolute Gasteiger partial charge is 0.308 e. The summed E-state index contributed by atoms with van der Waals surface area (Å²) in [6.45, 7) is 2.33. The second-order valence-corrected chi connectivity index (χ2v) is 7.32. The number of hydrogen-bond acceptors (Lipinski definition) is 4. The van der Waals surface area contributed by atoms with Crippen LogP contribution in [0.3, 0.4) is 0 Å². The summed E-state index contributed by atoms with van der Waals surface area (Å²) in [5.41, 5.74) is 6.24. The van der Waals surface area contributed by atoms with Crippen molar-refractivity contribution < 1.29 is 19.4 Å². The van der Waals surface area contributed by atoms with E-state index in [1.54, 1.807) is 0 Å². The largest absolute Gasteiger partial charge is 0.481 e. The first-order valence-electron chi connectivity index (χ1n) is 9.55. The van der Waals surface area contributed by atoms with Crippen LogP contribution in [-0.4, -0.2) is 23.0 Å². The molecule has 28 heavy (non-hydrogen) atoms. The van der Waals surface area contributed by atoms with Crippen molar-refractivity contribution >= 4 is 11.9 Å². The fourth-order valence-electron chi connectivity index (χ4n) is 3.85. The highest BCUT2D eigenvalue weighted by molar-refractivity contribution is 5.88. The number of carboxylic acids is 1. The number of nitrogens with two attached hydrogens (primary N) is 1. The van der Waals surface area contributed by atoms with Crippen LogP contribution in [0.5, 0.6) is 11.5 Å². The maximum atomic E-state index is 12.8. The van der Waals surface area contributed by atoms with E-state index in [1.807, 2.05) is 61.5 Å². The molecule has 0 bridgehead atoms. The van der Waals surface area contributed by atoms with E-state index >= 15 is 0 Å². The Kier molecular flexibility index (Phi) is 5.99. The number of carbonyl (C=O) groups is 2. The van der Waals surface area contributed by atoms with Gasteiger partial charge < -0.3 is 20.9 Å². The minimum atomic E-state index is -0.930. The number of carbonyl (C=O) groups excluding carboxylic acids is 1. The van der Waals surface area contributed by atoms with Crippen LogP contribution in [0.25, 0.3) is 0 Å². The highest BCUT2D eigenvalue weighted by atomic mass is 16.5. The zero-order valence-corrected chi connectivity index (χ0v) is 15.9. The van der Waals surface area contributed by atoms with Crippen LogP contribution in [-0.2, 0) is 16.1 Å². The second-order valence-electron chi connectivity index (χ2n) is 7.32. The average molecular weight is 382 g/mol. The van der Waals surface area contributed by atoms with Gasteiger partial charge in [0.25, 0.3) is 0 Å². The van der Waals surface area contributed by atoms with Gasteiger partial charge in [-0.2, -0.15) is 0 Å². The summed E-state index contributed by atoms with van der Waals surface area (Å²) >= 11 is 0. The standard InChI is InChI=1S/C22H26N2O4/c1-2-12-22(13-18(19(22)23)20(25)26)21(27)24-14-15-8-10-17(11-9-15)28-16-6-4-3-5-7-16/h3-11,18-19H,2,12-14,23H2,1H3,(H,24,27)(H,25,26).